The molecule has 0 saturated carbocycles. The summed E-state index contributed by atoms with van der Waals surface area (Å²) < 4.78 is 7.60. The molecule has 0 radical (unpaired) electrons. The number of nitrogens with zero attached hydrogens (tertiary/aromatic N) is 1. The van der Waals surface area contributed by atoms with Gasteiger partial charge in [-0.1, -0.05) is 6.07 Å². The second-order valence-corrected chi connectivity index (χ2v) is 2.51. The molecule has 1 atom stereocenters. The third-order valence-electron chi connectivity index (χ3n) is 1.78. The standard InChI is InChI=1S/C8H10N2/c9-8-5-4-6-2-1-3-7(6)10-8/h4-5H,1-3H2,(H2,9,10)/i2D/t2-/m1/s1. The monoisotopic (exact) mass is 135 g/mol. The van der Waals surface area contributed by atoms with E-state index in [2.05, 4.69) is 4.98 Å². The van der Waals surface area contributed by atoms with Crippen LogP contribution in [0.15, 0.2) is 12.1 Å². The topological polar surface area (TPSA) is 38.9 Å². The Hall–Kier alpha value is -1.05. The van der Waals surface area contributed by atoms with Gasteiger partial charge in [0.15, 0.2) is 0 Å². The van der Waals surface area contributed by atoms with Crippen LogP contribution in [-0.4, -0.2) is 4.98 Å². The first-order valence-corrected chi connectivity index (χ1v) is 3.45. The fourth-order valence-electron chi connectivity index (χ4n) is 1.28. The lowest BCUT2D eigenvalue weighted by molar-refractivity contribution is 0.900. The Bertz CT molecular complexity index is 285. The molecule has 0 fully saturated rings. The van der Waals surface area contributed by atoms with Crippen LogP contribution in [-0.2, 0) is 12.8 Å². The van der Waals surface area contributed by atoms with Gasteiger partial charge < -0.3 is 5.73 Å². The number of nitrogens with two attached hydrogens (primary N) is 1. The van der Waals surface area contributed by atoms with Crippen molar-refractivity contribution in [2.24, 2.45) is 0 Å². The number of aromatic nitrogens is 1. The third kappa shape index (κ3) is 0.764. The molecule has 0 bridgehead atoms. The SMILES string of the molecule is [2H][C@@H]1CCc2nc(N)ccc21. The Balaban J connectivity index is 2.50. The second-order valence-electron chi connectivity index (χ2n) is 2.51. The molecule has 0 aromatic carbocycles. The van der Waals surface area contributed by atoms with Crippen molar-refractivity contribution in [1.29, 1.82) is 0 Å². The summed E-state index contributed by atoms with van der Waals surface area (Å²) in [5.41, 5.74) is 7.58. The molecule has 0 aliphatic heterocycles. The van der Waals surface area contributed by atoms with Crippen LogP contribution >= 0.6 is 0 Å². The molecule has 2 rings (SSSR count). The van der Waals surface area contributed by atoms with Crippen LogP contribution in [0.4, 0.5) is 5.82 Å². The largest absolute Gasteiger partial charge is 0.384 e. The molecule has 1 aliphatic carbocycles. The van der Waals surface area contributed by atoms with E-state index >= 15 is 0 Å². The summed E-state index contributed by atoms with van der Waals surface area (Å²) in [5, 5.41) is 0. The maximum absolute atomic E-state index is 7.60. The number of fused-ring (bicyclic) bond motifs is 1. The predicted molar refractivity (Wildman–Crippen MR) is 40.7 cm³/mol. The van der Waals surface area contributed by atoms with Crippen molar-refractivity contribution in [3.05, 3.63) is 23.4 Å². The number of aryl methyl sites for hydroxylation is 2. The van der Waals surface area contributed by atoms with Gasteiger partial charge in [-0.15, -0.1) is 0 Å². The summed E-state index contributed by atoms with van der Waals surface area (Å²) in [6.07, 6.45) is 1.73. The molecule has 1 heterocycles. The van der Waals surface area contributed by atoms with E-state index in [1.54, 1.807) is 6.07 Å². The van der Waals surface area contributed by atoms with E-state index < -0.39 is 0 Å². The minimum atomic E-state index is -0.0712. The van der Waals surface area contributed by atoms with Crippen LogP contribution in [0.1, 0.15) is 19.0 Å². The first-order valence-electron chi connectivity index (χ1n) is 4.02. The van der Waals surface area contributed by atoms with Crippen molar-refractivity contribution in [2.45, 2.75) is 19.2 Å². The van der Waals surface area contributed by atoms with Crippen molar-refractivity contribution in [2.75, 3.05) is 5.73 Å². The van der Waals surface area contributed by atoms with E-state index in [4.69, 9.17) is 7.10 Å². The van der Waals surface area contributed by atoms with Gasteiger partial charge in [-0.05, 0) is 30.9 Å². The lowest BCUT2D eigenvalue weighted by Gasteiger charge is -1.97. The van der Waals surface area contributed by atoms with Gasteiger partial charge in [0.25, 0.3) is 0 Å². The van der Waals surface area contributed by atoms with Gasteiger partial charge >= 0.3 is 0 Å². The first kappa shape index (κ1) is 4.72. The van der Waals surface area contributed by atoms with Gasteiger partial charge in [0.2, 0.25) is 0 Å². The number of hydrogen-bond acceptors (Lipinski definition) is 2. The zero-order valence-electron chi connectivity index (χ0n) is 6.67. The quantitative estimate of drug-likeness (QED) is 0.579. The number of nitrogen functional groups attached to an aromatic ring is 1. The fourth-order valence-corrected chi connectivity index (χ4v) is 1.28. The van der Waals surface area contributed by atoms with Gasteiger partial charge in [-0.3, -0.25) is 0 Å². The maximum atomic E-state index is 7.60. The van der Waals surface area contributed by atoms with Crippen LogP contribution in [0.5, 0.6) is 0 Å². The highest BCUT2D eigenvalue weighted by atomic mass is 14.8. The highest BCUT2D eigenvalue weighted by Gasteiger charge is 2.10. The summed E-state index contributed by atoms with van der Waals surface area (Å²) >= 11 is 0. The van der Waals surface area contributed by atoms with E-state index in [-0.39, 0.29) is 6.40 Å². The van der Waals surface area contributed by atoms with Gasteiger partial charge in [0.05, 0.1) is 0 Å². The van der Waals surface area contributed by atoms with E-state index in [1.807, 2.05) is 6.07 Å². The smallest absolute Gasteiger partial charge is 0.123 e. The van der Waals surface area contributed by atoms with Crippen LogP contribution in [0.2, 0.25) is 0 Å². The lowest BCUT2D eigenvalue weighted by atomic mass is 10.2. The number of hydrogen-bond donors (Lipinski definition) is 1. The molecule has 2 nitrogen and oxygen atoms in total. The van der Waals surface area contributed by atoms with Crippen molar-refractivity contribution in [3.8, 4) is 0 Å². The molecule has 2 N–H and O–H groups in total. The molecule has 1 aromatic rings. The number of anilines is 1. The normalized spacial score (nSPS) is 24.0. The predicted octanol–water partition coefficient (Wildman–Crippen LogP) is 1.15. The van der Waals surface area contributed by atoms with Crippen molar-refractivity contribution < 1.29 is 1.37 Å². The van der Waals surface area contributed by atoms with E-state index in [0.29, 0.717) is 5.82 Å². The molecule has 0 saturated heterocycles. The lowest BCUT2D eigenvalue weighted by Crippen LogP contribution is -1.93. The van der Waals surface area contributed by atoms with E-state index in [9.17, 15) is 0 Å². The third-order valence-corrected chi connectivity index (χ3v) is 1.78. The minimum absolute atomic E-state index is 0.0712. The van der Waals surface area contributed by atoms with Crippen molar-refractivity contribution >= 4 is 5.82 Å². The van der Waals surface area contributed by atoms with Gasteiger partial charge in [0.1, 0.15) is 5.82 Å². The summed E-state index contributed by atoms with van der Waals surface area (Å²) in [7, 11) is 0. The van der Waals surface area contributed by atoms with Gasteiger partial charge in [0, 0.05) is 7.06 Å². The van der Waals surface area contributed by atoms with E-state index in [0.717, 1.165) is 24.1 Å². The Labute approximate surface area is 61.5 Å². The Morgan fingerprint density at radius 1 is 1.60 bits per heavy atom. The molecule has 2 heteroatoms. The van der Waals surface area contributed by atoms with Crippen LogP contribution in [0.25, 0.3) is 0 Å². The zero-order chi connectivity index (χ0) is 7.84. The van der Waals surface area contributed by atoms with Gasteiger partial charge in [-0.2, -0.15) is 0 Å². The second kappa shape index (κ2) is 1.97. The highest BCUT2D eigenvalue weighted by molar-refractivity contribution is 5.36. The summed E-state index contributed by atoms with van der Waals surface area (Å²) in [5.74, 6) is 0.567. The summed E-state index contributed by atoms with van der Waals surface area (Å²) in [6.45, 7) is 0. The Morgan fingerprint density at radius 3 is 3.40 bits per heavy atom. The fraction of sp³-hybridized carbons (Fsp3) is 0.375. The average Bonchev–Trinajstić information content (AvgIpc) is 2.32. The Kier molecular flexibility index (Phi) is 0.931. The molecule has 52 valence electrons. The van der Waals surface area contributed by atoms with Crippen LogP contribution < -0.4 is 5.73 Å². The maximum Gasteiger partial charge on any atom is 0.123 e. The minimum Gasteiger partial charge on any atom is -0.384 e. The first-order chi connectivity index (χ1) is 5.27. The molecule has 0 spiro atoms. The van der Waals surface area contributed by atoms with Crippen molar-refractivity contribution in [3.63, 3.8) is 0 Å². The highest BCUT2D eigenvalue weighted by Crippen LogP contribution is 2.20. The van der Waals surface area contributed by atoms with Crippen molar-refractivity contribution in [1.82, 2.24) is 4.98 Å². The average molecular weight is 135 g/mol. The van der Waals surface area contributed by atoms with E-state index in [1.165, 1.54) is 0 Å². The van der Waals surface area contributed by atoms with Crippen LogP contribution in [0, 0.1) is 0 Å². The Morgan fingerprint density at radius 2 is 2.50 bits per heavy atom. The molecular weight excluding hydrogens is 124 g/mol. The molecule has 0 amide bonds. The molecule has 1 aromatic heterocycles. The summed E-state index contributed by atoms with van der Waals surface area (Å²) in [6, 6.07) is 3.69. The zero-order valence-corrected chi connectivity index (χ0v) is 5.67. The van der Waals surface area contributed by atoms with Crippen LogP contribution in [0.3, 0.4) is 0 Å². The molecule has 1 aliphatic rings. The van der Waals surface area contributed by atoms with Gasteiger partial charge in [-0.25, -0.2) is 4.98 Å². The molecule has 0 unspecified atom stereocenters. The molecule has 10 heavy (non-hydrogen) atoms. The molecular formula is C8H10N2. The number of rotatable bonds is 0. The summed E-state index contributed by atoms with van der Waals surface area (Å²) in [4.78, 5) is 4.16. The number of pyridine rings is 1.